The van der Waals surface area contributed by atoms with E-state index in [0.717, 1.165) is 5.69 Å². The van der Waals surface area contributed by atoms with Crippen LogP contribution in [0.5, 0.6) is 0 Å². The lowest BCUT2D eigenvalue weighted by Gasteiger charge is -2.01. The molecule has 6 nitrogen and oxygen atoms in total. The molecule has 6 heteroatoms. The number of rotatable bonds is 4. The molecule has 1 aromatic heterocycles. The van der Waals surface area contributed by atoms with Gasteiger partial charge in [0, 0.05) is 20.4 Å². The highest BCUT2D eigenvalue weighted by atomic mass is 16.5. The van der Waals surface area contributed by atoms with E-state index in [4.69, 9.17) is 10.6 Å². The molecule has 1 aromatic rings. The number of nitrogens with one attached hydrogen (secondary N) is 1. The SMILES string of the molecule is COCCN=C(NN)c1cn(C)cn1. The molecule has 0 aliphatic rings. The maximum Gasteiger partial charge on any atom is 0.163 e. The number of imidazole rings is 1. The molecule has 14 heavy (non-hydrogen) atoms. The van der Waals surface area contributed by atoms with Gasteiger partial charge in [0.2, 0.25) is 0 Å². The number of hydrogen-bond donors (Lipinski definition) is 2. The zero-order valence-corrected chi connectivity index (χ0v) is 8.40. The second-order valence-electron chi connectivity index (χ2n) is 2.79. The molecular weight excluding hydrogens is 182 g/mol. The fourth-order valence-corrected chi connectivity index (χ4v) is 0.984. The molecule has 3 N–H and O–H groups in total. The van der Waals surface area contributed by atoms with Crippen LogP contribution in [0.1, 0.15) is 5.69 Å². The summed E-state index contributed by atoms with van der Waals surface area (Å²) >= 11 is 0. The summed E-state index contributed by atoms with van der Waals surface area (Å²) in [7, 11) is 3.52. The summed E-state index contributed by atoms with van der Waals surface area (Å²) in [4.78, 5) is 8.31. The van der Waals surface area contributed by atoms with Crippen molar-refractivity contribution in [3.63, 3.8) is 0 Å². The van der Waals surface area contributed by atoms with Crippen LogP contribution in [0.15, 0.2) is 17.5 Å². The molecule has 0 atom stereocenters. The number of methoxy groups -OCH3 is 1. The largest absolute Gasteiger partial charge is 0.383 e. The summed E-state index contributed by atoms with van der Waals surface area (Å²) < 4.78 is 6.71. The van der Waals surface area contributed by atoms with Gasteiger partial charge in [-0.25, -0.2) is 10.8 Å². The molecule has 0 saturated heterocycles. The summed E-state index contributed by atoms with van der Waals surface area (Å²) in [5, 5.41) is 0. The molecule has 0 aliphatic carbocycles. The first-order valence-electron chi connectivity index (χ1n) is 4.26. The number of aryl methyl sites for hydroxylation is 1. The van der Waals surface area contributed by atoms with Crippen molar-refractivity contribution in [2.24, 2.45) is 17.9 Å². The predicted molar refractivity (Wildman–Crippen MR) is 53.8 cm³/mol. The Bertz CT molecular complexity index is 306. The van der Waals surface area contributed by atoms with E-state index in [1.807, 2.05) is 17.8 Å². The Morgan fingerprint density at radius 1 is 1.79 bits per heavy atom. The van der Waals surface area contributed by atoms with Gasteiger partial charge < -0.3 is 14.7 Å². The average Bonchev–Trinajstić information content (AvgIpc) is 2.60. The highest BCUT2D eigenvalue weighted by Crippen LogP contribution is 1.94. The van der Waals surface area contributed by atoms with E-state index in [1.165, 1.54) is 0 Å². The summed E-state index contributed by atoms with van der Waals surface area (Å²) in [6.45, 7) is 1.13. The monoisotopic (exact) mass is 197 g/mol. The molecule has 0 amide bonds. The Balaban J connectivity index is 2.66. The molecule has 1 rings (SSSR count). The van der Waals surface area contributed by atoms with Crippen LogP contribution in [0.3, 0.4) is 0 Å². The molecule has 0 spiro atoms. The minimum atomic E-state index is 0.562. The first-order valence-corrected chi connectivity index (χ1v) is 4.26. The smallest absolute Gasteiger partial charge is 0.163 e. The van der Waals surface area contributed by atoms with E-state index in [2.05, 4.69) is 15.4 Å². The number of aromatic nitrogens is 2. The van der Waals surface area contributed by atoms with E-state index in [9.17, 15) is 0 Å². The lowest BCUT2D eigenvalue weighted by Crippen LogP contribution is -2.31. The van der Waals surface area contributed by atoms with Gasteiger partial charge in [-0.2, -0.15) is 0 Å². The van der Waals surface area contributed by atoms with Gasteiger partial charge in [-0.05, 0) is 0 Å². The lowest BCUT2D eigenvalue weighted by atomic mass is 10.4. The number of hydrazine groups is 1. The number of nitrogens with zero attached hydrogens (tertiary/aromatic N) is 3. The number of amidine groups is 1. The van der Waals surface area contributed by atoms with Gasteiger partial charge in [0.25, 0.3) is 0 Å². The fourth-order valence-electron chi connectivity index (χ4n) is 0.984. The molecule has 0 aromatic carbocycles. The number of ether oxygens (including phenoxy) is 1. The maximum atomic E-state index is 5.33. The molecule has 0 unspecified atom stereocenters. The van der Waals surface area contributed by atoms with Gasteiger partial charge in [-0.3, -0.25) is 4.99 Å². The number of aliphatic imine (C=N–C) groups is 1. The summed E-state index contributed by atoms with van der Waals surface area (Å²) in [6.07, 6.45) is 3.53. The quantitative estimate of drug-likeness (QED) is 0.219. The van der Waals surface area contributed by atoms with Gasteiger partial charge in [-0.1, -0.05) is 0 Å². The highest BCUT2D eigenvalue weighted by Gasteiger charge is 2.03. The van der Waals surface area contributed by atoms with Crippen molar-refractivity contribution < 1.29 is 4.74 Å². The van der Waals surface area contributed by atoms with Crippen LogP contribution < -0.4 is 11.3 Å². The van der Waals surface area contributed by atoms with Gasteiger partial charge >= 0.3 is 0 Å². The maximum absolute atomic E-state index is 5.33. The highest BCUT2D eigenvalue weighted by molar-refractivity contribution is 5.96. The molecule has 78 valence electrons. The van der Waals surface area contributed by atoms with E-state index in [1.54, 1.807) is 13.4 Å². The molecule has 0 aliphatic heterocycles. The minimum Gasteiger partial charge on any atom is -0.383 e. The zero-order valence-electron chi connectivity index (χ0n) is 8.40. The molecule has 0 radical (unpaired) electrons. The third-order valence-electron chi connectivity index (χ3n) is 1.65. The second kappa shape index (κ2) is 5.36. The van der Waals surface area contributed by atoms with Gasteiger partial charge in [0.15, 0.2) is 5.84 Å². The summed E-state index contributed by atoms with van der Waals surface area (Å²) in [5.74, 6) is 5.90. The van der Waals surface area contributed by atoms with Crippen LogP contribution in [0, 0.1) is 0 Å². The Labute approximate surface area is 82.8 Å². The van der Waals surface area contributed by atoms with Crippen LogP contribution >= 0.6 is 0 Å². The molecule has 0 saturated carbocycles. The van der Waals surface area contributed by atoms with Crippen molar-refractivity contribution in [1.82, 2.24) is 15.0 Å². The van der Waals surface area contributed by atoms with Crippen molar-refractivity contribution in [3.05, 3.63) is 18.2 Å². The summed E-state index contributed by atoms with van der Waals surface area (Å²) in [6, 6.07) is 0. The molecular formula is C8H15N5O. The van der Waals surface area contributed by atoms with Crippen molar-refractivity contribution in [3.8, 4) is 0 Å². The van der Waals surface area contributed by atoms with Crippen LogP contribution in [0.4, 0.5) is 0 Å². The van der Waals surface area contributed by atoms with Gasteiger partial charge in [0.05, 0.1) is 19.5 Å². The third kappa shape index (κ3) is 2.82. The first kappa shape index (κ1) is 10.7. The van der Waals surface area contributed by atoms with Gasteiger partial charge in [0.1, 0.15) is 5.69 Å². The van der Waals surface area contributed by atoms with E-state index in [0.29, 0.717) is 19.0 Å². The van der Waals surface area contributed by atoms with Crippen LogP contribution in [-0.4, -0.2) is 35.6 Å². The Kier molecular flexibility index (Phi) is 4.09. The minimum absolute atomic E-state index is 0.562. The van der Waals surface area contributed by atoms with E-state index >= 15 is 0 Å². The average molecular weight is 197 g/mol. The first-order chi connectivity index (χ1) is 6.77. The zero-order chi connectivity index (χ0) is 10.4. The Morgan fingerprint density at radius 2 is 2.57 bits per heavy atom. The Hall–Kier alpha value is -1.40. The third-order valence-corrected chi connectivity index (χ3v) is 1.65. The van der Waals surface area contributed by atoms with Crippen LogP contribution in [0.2, 0.25) is 0 Å². The lowest BCUT2D eigenvalue weighted by molar-refractivity contribution is 0.208. The standard InChI is InChI=1S/C8H15N5O/c1-13-5-7(11-6-13)8(12-9)10-3-4-14-2/h5-6H,3-4,9H2,1-2H3,(H,10,12). The van der Waals surface area contributed by atoms with Crippen molar-refractivity contribution in [2.45, 2.75) is 0 Å². The normalized spacial score (nSPS) is 11.8. The molecule has 0 fully saturated rings. The van der Waals surface area contributed by atoms with Crippen molar-refractivity contribution >= 4 is 5.84 Å². The number of nitrogens with two attached hydrogens (primary N) is 1. The Morgan fingerprint density at radius 3 is 3.07 bits per heavy atom. The number of hydrogen-bond acceptors (Lipinski definition) is 4. The van der Waals surface area contributed by atoms with Gasteiger partial charge in [-0.15, -0.1) is 0 Å². The molecule has 0 bridgehead atoms. The molecule has 1 heterocycles. The topological polar surface area (TPSA) is 77.5 Å². The van der Waals surface area contributed by atoms with Crippen LogP contribution in [0.25, 0.3) is 0 Å². The van der Waals surface area contributed by atoms with E-state index < -0.39 is 0 Å². The fraction of sp³-hybridized carbons (Fsp3) is 0.500. The van der Waals surface area contributed by atoms with Crippen molar-refractivity contribution in [2.75, 3.05) is 20.3 Å². The predicted octanol–water partition coefficient (Wildman–Crippen LogP) is -0.724. The second-order valence-corrected chi connectivity index (χ2v) is 2.79. The van der Waals surface area contributed by atoms with E-state index in [-0.39, 0.29) is 0 Å². The van der Waals surface area contributed by atoms with Crippen molar-refractivity contribution in [1.29, 1.82) is 0 Å². The summed E-state index contributed by atoms with van der Waals surface area (Å²) in [5.41, 5.74) is 3.24. The van der Waals surface area contributed by atoms with Crippen LogP contribution in [-0.2, 0) is 11.8 Å².